The monoisotopic (exact) mass is 162 g/mol. The Morgan fingerprint density at radius 1 is 1.42 bits per heavy atom. The third-order valence-electron chi connectivity index (χ3n) is 2.76. The van der Waals surface area contributed by atoms with Crippen molar-refractivity contribution in [3.8, 4) is 0 Å². The average molecular weight is 162 g/mol. The van der Waals surface area contributed by atoms with E-state index in [1.807, 2.05) is 6.92 Å². The molecule has 12 heavy (non-hydrogen) atoms. The molecule has 0 spiro atoms. The number of aliphatic hydroxyl groups is 1. The van der Waals surface area contributed by atoms with Crippen molar-refractivity contribution in [2.45, 2.75) is 31.8 Å². The summed E-state index contributed by atoms with van der Waals surface area (Å²) >= 11 is 0. The predicted octanol–water partition coefficient (Wildman–Crippen LogP) is 2.10. The van der Waals surface area contributed by atoms with Crippen LogP contribution >= 0.6 is 0 Å². The van der Waals surface area contributed by atoms with E-state index < -0.39 is 0 Å². The van der Waals surface area contributed by atoms with Gasteiger partial charge in [0.25, 0.3) is 0 Å². The topological polar surface area (TPSA) is 20.2 Å². The van der Waals surface area contributed by atoms with Crippen molar-refractivity contribution >= 4 is 0 Å². The summed E-state index contributed by atoms with van der Waals surface area (Å²) in [7, 11) is 0. The van der Waals surface area contributed by atoms with Crippen LogP contribution in [0.15, 0.2) is 24.3 Å². The van der Waals surface area contributed by atoms with Crippen molar-refractivity contribution in [1.82, 2.24) is 0 Å². The van der Waals surface area contributed by atoms with Gasteiger partial charge in [0.1, 0.15) is 0 Å². The summed E-state index contributed by atoms with van der Waals surface area (Å²) in [6.07, 6.45) is 2.04. The molecule has 1 N–H and O–H groups in total. The van der Waals surface area contributed by atoms with E-state index in [1.165, 1.54) is 11.1 Å². The van der Waals surface area contributed by atoms with E-state index in [2.05, 4.69) is 24.3 Å². The number of fused-ring (bicyclic) bond motifs is 1. The molecule has 0 bridgehead atoms. The lowest BCUT2D eigenvalue weighted by molar-refractivity contribution is 0.162. The molecule has 1 aliphatic carbocycles. The Balaban J connectivity index is 2.36. The summed E-state index contributed by atoms with van der Waals surface area (Å²) in [6, 6.07) is 8.43. The van der Waals surface area contributed by atoms with Gasteiger partial charge >= 0.3 is 0 Å². The van der Waals surface area contributed by atoms with Gasteiger partial charge < -0.3 is 5.11 Å². The van der Waals surface area contributed by atoms with E-state index in [1.54, 1.807) is 0 Å². The Morgan fingerprint density at radius 3 is 2.92 bits per heavy atom. The minimum Gasteiger partial charge on any atom is -0.393 e. The molecular weight excluding hydrogens is 148 g/mol. The molecule has 0 saturated heterocycles. The fourth-order valence-electron chi connectivity index (χ4n) is 2.09. The minimum absolute atomic E-state index is 0.200. The van der Waals surface area contributed by atoms with E-state index in [9.17, 15) is 5.11 Å². The number of aryl methyl sites for hydroxylation is 1. The maximum Gasteiger partial charge on any atom is 0.0580 e. The van der Waals surface area contributed by atoms with Crippen LogP contribution < -0.4 is 0 Å². The quantitative estimate of drug-likeness (QED) is 0.670. The summed E-state index contributed by atoms with van der Waals surface area (Å²) in [5.74, 6) is 0.376. The lowest BCUT2D eigenvalue weighted by Gasteiger charge is -2.13. The molecular formula is C11H14O. The first-order valence-electron chi connectivity index (χ1n) is 4.55. The fourth-order valence-corrected chi connectivity index (χ4v) is 2.09. The second kappa shape index (κ2) is 2.91. The van der Waals surface area contributed by atoms with E-state index in [-0.39, 0.29) is 6.10 Å². The Morgan fingerprint density at radius 2 is 2.17 bits per heavy atom. The molecule has 0 aromatic heterocycles. The molecule has 0 heterocycles. The lowest BCUT2D eigenvalue weighted by Crippen LogP contribution is -2.11. The van der Waals surface area contributed by atoms with E-state index >= 15 is 0 Å². The molecule has 64 valence electrons. The van der Waals surface area contributed by atoms with Gasteiger partial charge in [-0.05, 0) is 30.9 Å². The third-order valence-corrected chi connectivity index (χ3v) is 2.76. The summed E-state index contributed by atoms with van der Waals surface area (Å²) < 4.78 is 0. The van der Waals surface area contributed by atoms with Gasteiger partial charge in [0, 0.05) is 5.92 Å². The molecule has 1 unspecified atom stereocenters. The number of benzene rings is 1. The second-order valence-corrected chi connectivity index (χ2v) is 3.58. The van der Waals surface area contributed by atoms with Crippen LogP contribution in [0.1, 0.15) is 30.4 Å². The molecule has 0 aliphatic heterocycles. The standard InChI is InChI=1S/C11H14O/c1-8(12)10-7-6-9-4-2-3-5-11(9)10/h2-5,8,10,12H,6-7H2,1H3/t8-,10?/m1/s1. The largest absolute Gasteiger partial charge is 0.393 e. The molecule has 1 aromatic rings. The molecule has 1 heteroatoms. The van der Waals surface area contributed by atoms with E-state index in [4.69, 9.17) is 0 Å². The lowest BCUT2D eigenvalue weighted by atomic mass is 9.97. The highest BCUT2D eigenvalue weighted by Gasteiger charge is 2.25. The SMILES string of the molecule is C[C@@H](O)C1CCc2ccccc21. The Hall–Kier alpha value is -0.820. The van der Waals surface area contributed by atoms with Crippen molar-refractivity contribution in [3.05, 3.63) is 35.4 Å². The highest BCUT2D eigenvalue weighted by molar-refractivity contribution is 5.35. The van der Waals surface area contributed by atoms with E-state index in [0.29, 0.717) is 5.92 Å². The number of rotatable bonds is 1. The fraction of sp³-hybridized carbons (Fsp3) is 0.455. The number of hydrogen-bond donors (Lipinski definition) is 1. The van der Waals surface area contributed by atoms with Crippen LogP contribution in [-0.2, 0) is 6.42 Å². The van der Waals surface area contributed by atoms with E-state index in [0.717, 1.165) is 12.8 Å². The van der Waals surface area contributed by atoms with Crippen LogP contribution in [0, 0.1) is 0 Å². The molecule has 2 rings (SSSR count). The Labute approximate surface area is 73.0 Å². The van der Waals surface area contributed by atoms with Crippen LogP contribution in [0.4, 0.5) is 0 Å². The maximum atomic E-state index is 9.50. The Bertz CT molecular complexity index is 278. The first-order chi connectivity index (χ1) is 5.79. The van der Waals surface area contributed by atoms with Crippen molar-refractivity contribution in [3.63, 3.8) is 0 Å². The molecule has 0 amide bonds. The molecule has 1 aliphatic rings. The third kappa shape index (κ3) is 1.14. The summed E-state index contributed by atoms with van der Waals surface area (Å²) in [5, 5.41) is 9.50. The van der Waals surface area contributed by atoms with Gasteiger partial charge in [-0.25, -0.2) is 0 Å². The van der Waals surface area contributed by atoms with Crippen LogP contribution in [0.2, 0.25) is 0 Å². The first-order valence-corrected chi connectivity index (χ1v) is 4.55. The molecule has 1 nitrogen and oxygen atoms in total. The summed E-state index contributed by atoms with van der Waals surface area (Å²) in [4.78, 5) is 0. The van der Waals surface area contributed by atoms with Crippen molar-refractivity contribution in [1.29, 1.82) is 0 Å². The highest BCUT2D eigenvalue weighted by Crippen LogP contribution is 2.34. The second-order valence-electron chi connectivity index (χ2n) is 3.58. The van der Waals surface area contributed by atoms with Gasteiger partial charge in [0.05, 0.1) is 6.10 Å². The average Bonchev–Trinajstić information content (AvgIpc) is 2.47. The molecule has 0 radical (unpaired) electrons. The van der Waals surface area contributed by atoms with Crippen molar-refractivity contribution < 1.29 is 5.11 Å². The van der Waals surface area contributed by atoms with Gasteiger partial charge in [-0.15, -0.1) is 0 Å². The molecule has 0 saturated carbocycles. The van der Waals surface area contributed by atoms with Crippen molar-refractivity contribution in [2.24, 2.45) is 0 Å². The summed E-state index contributed by atoms with van der Waals surface area (Å²) in [6.45, 7) is 1.88. The van der Waals surface area contributed by atoms with Gasteiger partial charge in [0.2, 0.25) is 0 Å². The van der Waals surface area contributed by atoms with Crippen LogP contribution in [0.5, 0.6) is 0 Å². The van der Waals surface area contributed by atoms with Crippen LogP contribution in [0.3, 0.4) is 0 Å². The zero-order chi connectivity index (χ0) is 8.55. The van der Waals surface area contributed by atoms with Crippen LogP contribution in [-0.4, -0.2) is 11.2 Å². The first kappa shape index (κ1) is 7.81. The van der Waals surface area contributed by atoms with Gasteiger partial charge in [0.15, 0.2) is 0 Å². The number of aliphatic hydroxyl groups excluding tert-OH is 1. The number of hydrogen-bond acceptors (Lipinski definition) is 1. The molecule has 1 aromatic carbocycles. The highest BCUT2D eigenvalue weighted by atomic mass is 16.3. The van der Waals surface area contributed by atoms with Gasteiger partial charge in [-0.1, -0.05) is 24.3 Å². The minimum atomic E-state index is -0.200. The summed E-state index contributed by atoms with van der Waals surface area (Å²) in [5.41, 5.74) is 2.77. The molecule has 2 atom stereocenters. The zero-order valence-corrected chi connectivity index (χ0v) is 7.33. The maximum absolute atomic E-state index is 9.50. The molecule has 0 fully saturated rings. The van der Waals surface area contributed by atoms with Crippen LogP contribution in [0.25, 0.3) is 0 Å². The normalized spacial score (nSPS) is 23.7. The van der Waals surface area contributed by atoms with Gasteiger partial charge in [-0.2, -0.15) is 0 Å². The van der Waals surface area contributed by atoms with Crippen molar-refractivity contribution in [2.75, 3.05) is 0 Å². The smallest absolute Gasteiger partial charge is 0.0580 e. The predicted molar refractivity (Wildman–Crippen MR) is 49.2 cm³/mol. The van der Waals surface area contributed by atoms with Gasteiger partial charge in [-0.3, -0.25) is 0 Å². The zero-order valence-electron chi connectivity index (χ0n) is 7.33. The Kier molecular flexibility index (Phi) is 1.89.